The third kappa shape index (κ3) is 3.25. The largest absolute Gasteiger partial charge is 0.378 e. The van der Waals surface area contributed by atoms with Crippen LogP contribution in [0.5, 0.6) is 0 Å². The highest BCUT2D eigenvalue weighted by atomic mass is 16.5. The molecule has 3 fully saturated rings. The molecule has 3 heteroatoms. The van der Waals surface area contributed by atoms with Crippen molar-refractivity contribution in [2.45, 2.75) is 76.1 Å². The van der Waals surface area contributed by atoms with Crippen LogP contribution in [0.1, 0.15) is 51.9 Å². The van der Waals surface area contributed by atoms with Gasteiger partial charge in [-0.25, -0.2) is 0 Å². The molecular formula is C15H28N2O. The van der Waals surface area contributed by atoms with Crippen LogP contribution in [-0.2, 0) is 4.74 Å². The smallest absolute Gasteiger partial charge is 0.0589 e. The lowest BCUT2D eigenvalue weighted by Crippen LogP contribution is -2.45. The molecule has 3 aliphatic rings. The van der Waals surface area contributed by atoms with E-state index in [1.807, 2.05) is 0 Å². The van der Waals surface area contributed by atoms with Gasteiger partial charge in [0, 0.05) is 37.8 Å². The summed E-state index contributed by atoms with van der Waals surface area (Å²) in [4.78, 5) is 2.69. The van der Waals surface area contributed by atoms with Crippen molar-refractivity contribution in [2.24, 2.45) is 0 Å². The van der Waals surface area contributed by atoms with Gasteiger partial charge in [-0.05, 0) is 38.5 Å². The van der Waals surface area contributed by atoms with Crippen LogP contribution in [0.3, 0.4) is 0 Å². The normalized spacial score (nSPS) is 38.2. The molecule has 18 heavy (non-hydrogen) atoms. The Bertz CT molecular complexity index is 265. The van der Waals surface area contributed by atoms with Crippen molar-refractivity contribution in [1.82, 2.24) is 10.2 Å². The second-order valence-electron chi connectivity index (χ2n) is 6.38. The minimum absolute atomic E-state index is 0.516. The van der Waals surface area contributed by atoms with Crippen LogP contribution in [-0.4, -0.2) is 48.8 Å². The molecule has 3 nitrogen and oxygen atoms in total. The quantitative estimate of drug-likeness (QED) is 0.811. The van der Waals surface area contributed by atoms with E-state index in [9.17, 15) is 0 Å². The van der Waals surface area contributed by atoms with Crippen LogP contribution in [0, 0.1) is 0 Å². The predicted octanol–water partition coefficient (Wildman–Crippen LogP) is 2.16. The minimum Gasteiger partial charge on any atom is -0.378 e. The van der Waals surface area contributed by atoms with Crippen LogP contribution >= 0.6 is 0 Å². The van der Waals surface area contributed by atoms with E-state index in [1.165, 1.54) is 58.0 Å². The lowest BCUT2D eigenvalue weighted by molar-refractivity contribution is -0.00483. The van der Waals surface area contributed by atoms with E-state index < -0.39 is 0 Å². The molecule has 3 atom stereocenters. The molecule has 0 aromatic carbocycles. The van der Waals surface area contributed by atoms with Crippen LogP contribution in [0.15, 0.2) is 0 Å². The van der Waals surface area contributed by atoms with Crippen molar-refractivity contribution < 1.29 is 4.74 Å². The highest BCUT2D eigenvalue weighted by Gasteiger charge is 2.35. The molecule has 0 amide bonds. The number of ether oxygens (including phenoxy) is 1. The second kappa shape index (κ2) is 5.89. The molecule has 0 radical (unpaired) electrons. The molecule has 2 saturated heterocycles. The van der Waals surface area contributed by atoms with E-state index in [4.69, 9.17) is 4.74 Å². The van der Waals surface area contributed by atoms with Gasteiger partial charge in [0.15, 0.2) is 0 Å². The highest BCUT2D eigenvalue weighted by Crippen LogP contribution is 2.30. The first kappa shape index (κ1) is 12.9. The Morgan fingerprint density at radius 1 is 1.17 bits per heavy atom. The Morgan fingerprint density at radius 3 is 2.83 bits per heavy atom. The van der Waals surface area contributed by atoms with Crippen molar-refractivity contribution in [1.29, 1.82) is 0 Å². The zero-order chi connectivity index (χ0) is 12.4. The Morgan fingerprint density at radius 2 is 2.06 bits per heavy atom. The van der Waals surface area contributed by atoms with E-state index in [0.717, 1.165) is 18.7 Å². The molecule has 104 valence electrons. The minimum atomic E-state index is 0.516. The number of rotatable bonds is 5. The van der Waals surface area contributed by atoms with Crippen molar-refractivity contribution in [3.8, 4) is 0 Å². The molecule has 1 N–H and O–H groups in total. The third-order valence-corrected chi connectivity index (χ3v) is 4.73. The van der Waals surface area contributed by atoms with Gasteiger partial charge in [0.05, 0.1) is 6.10 Å². The summed E-state index contributed by atoms with van der Waals surface area (Å²) in [5.41, 5.74) is 0. The monoisotopic (exact) mass is 252 g/mol. The molecule has 0 bridgehead atoms. The summed E-state index contributed by atoms with van der Waals surface area (Å²) in [6.07, 6.45) is 9.68. The number of hydrogen-bond acceptors (Lipinski definition) is 3. The van der Waals surface area contributed by atoms with Gasteiger partial charge in [0.2, 0.25) is 0 Å². The van der Waals surface area contributed by atoms with Crippen molar-refractivity contribution in [3.63, 3.8) is 0 Å². The maximum atomic E-state index is 5.83. The molecule has 0 aromatic heterocycles. The lowest BCUT2D eigenvalue weighted by atomic mass is 9.99. The first-order chi connectivity index (χ1) is 8.85. The molecule has 0 aromatic rings. The molecule has 3 rings (SSSR count). The summed E-state index contributed by atoms with van der Waals surface area (Å²) in [6, 6.07) is 2.40. The van der Waals surface area contributed by atoms with Crippen LogP contribution < -0.4 is 5.32 Å². The predicted molar refractivity (Wildman–Crippen MR) is 73.8 cm³/mol. The summed E-state index contributed by atoms with van der Waals surface area (Å²) in [7, 11) is 0. The van der Waals surface area contributed by atoms with Gasteiger partial charge in [-0.15, -0.1) is 0 Å². The zero-order valence-corrected chi connectivity index (χ0v) is 11.7. The summed E-state index contributed by atoms with van der Waals surface area (Å²) in [5, 5.41) is 3.90. The fraction of sp³-hybridized carbons (Fsp3) is 1.00. The molecule has 0 spiro atoms. The standard InChI is InChI=1S/C15H28N2O/c1-2-3-15-10-12(7-9-18-15)16-13-6-8-17(11-13)14-4-5-14/h12-16H,2-11H2,1H3. The van der Waals surface area contributed by atoms with Gasteiger partial charge in [0.1, 0.15) is 0 Å². The molecule has 3 unspecified atom stereocenters. The Balaban J connectivity index is 1.41. The summed E-state index contributed by atoms with van der Waals surface area (Å²) < 4.78 is 5.83. The fourth-order valence-corrected chi connectivity index (χ4v) is 3.58. The molecule has 1 saturated carbocycles. The van der Waals surface area contributed by atoms with Gasteiger partial charge in [-0.2, -0.15) is 0 Å². The van der Waals surface area contributed by atoms with Gasteiger partial charge in [0.25, 0.3) is 0 Å². The fourth-order valence-electron chi connectivity index (χ4n) is 3.58. The Hall–Kier alpha value is -0.120. The summed E-state index contributed by atoms with van der Waals surface area (Å²) in [5.74, 6) is 0. The van der Waals surface area contributed by atoms with Gasteiger partial charge < -0.3 is 10.1 Å². The molecule has 1 aliphatic carbocycles. The van der Waals surface area contributed by atoms with E-state index in [0.29, 0.717) is 12.1 Å². The maximum absolute atomic E-state index is 5.83. The number of hydrogen-bond donors (Lipinski definition) is 1. The summed E-state index contributed by atoms with van der Waals surface area (Å²) >= 11 is 0. The second-order valence-corrected chi connectivity index (χ2v) is 6.38. The van der Waals surface area contributed by atoms with Crippen molar-refractivity contribution >= 4 is 0 Å². The van der Waals surface area contributed by atoms with Gasteiger partial charge in [-0.1, -0.05) is 13.3 Å². The van der Waals surface area contributed by atoms with Gasteiger partial charge in [-0.3, -0.25) is 4.90 Å². The molecule has 2 heterocycles. The maximum Gasteiger partial charge on any atom is 0.0589 e. The van der Waals surface area contributed by atoms with Crippen LogP contribution in [0.2, 0.25) is 0 Å². The van der Waals surface area contributed by atoms with Crippen LogP contribution in [0.4, 0.5) is 0 Å². The third-order valence-electron chi connectivity index (χ3n) is 4.73. The average Bonchev–Trinajstić information content (AvgIpc) is 3.12. The molecular weight excluding hydrogens is 224 g/mol. The Kier molecular flexibility index (Phi) is 4.22. The lowest BCUT2D eigenvalue weighted by Gasteiger charge is -2.32. The van der Waals surface area contributed by atoms with E-state index in [-0.39, 0.29) is 0 Å². The van der Waals surface area contributed by atoms with E-state index in [1.54, 1.807) is 0 Å². The first-order valence-corrected chi connectivity index (χ1v) is 7.97. The SMILES string of the molecule is CCCC1CC(NC2CCN(C3CC3)C2)CCO1. The topological polar surface area (TPSA) is 24.5 Å². The number of nitrogens with one attached hydrogen (secondary N) is 1. The Labute approximate surface area is 111 Å². The average molecular weight is 252 g/mol. The van der Waals surface area contributed by atoms with Crippen molar-refractivity contribution in [3.05, 3.63) is 0 Å². The van der Waals surface area contributed by atoms with Gasteiger partial charge >= 0.3 is 0 Å². The van der Waals surface area contributed by atoms with E-state index >= 15 is 0 Å². The first-order valence-electron chi connectivity index (χ1n) is 7.97. The number of nitrogens with zero attached hydrogens (tertiary/aromatic N) is 1. The van der Waals surface area contributed by atoms with E-state index in [2.05, 4.69) is 17.1 Å². The van der Waals surface area contributed by atoms with Crippen LogP contribution in [0.25, 0.3) is 0 Å². The highest BCUT2D eigenvalue weighted by molar-refractivity contribution is 4.93. The summed E-state index contributed by atoms with van der Waals surface area (Å²) in [6.45, 7) is 5.83. The van der Waals surface area contributed by atoms with Crippen molar-refractivity contribution in [2.75, 3.05) is 19.7 Å². The number of likely N-dealkylation sites (tertiary alicyclic amines) is 1. The molecule has 2 aliphatic heterocycles. The zero-order valence-electron chi connectivity index (χ0n) is 11.7.